The number of ether oxygens (including phenoxy) is 3. The molecular formula is C34H34ClNO6. The Labute approximate surface area is 250 Å². The van der Waals surface area contributed by atoms with Gasteiger partial charge in [0.15, 0.2) is 17.3 Å². The lowest BCUT2D eigenvalue weighted by Crippen LogP contribution is -2.36. The Hall–Kier alpha value is -4.23. The second kappa shape index (κ2) is 12.7. The number of hydrogen-bond donors (Lipinski definition) is 2. The van der Waals surface area contributed by atoms with Gasteiger partial charge in [-0.2, -0.15) is 0 Å². The first-order valence-electron chi connectivity index (χ1n) is 14.0. The first kappa shape index (κ1) is 29.3. The van der Waals surface area contributed by atoms with Crippen molar-refractivity contribution in [2.75, 3.05) is 20.3 Å². The maximum absolute atomic E-state index is 13.9. The van der Waals surface area contributed by atoms with E-state index in [0.717, 1.165) is 22.6 Å². The van der Waals surface area contributed by atoms with Gasteiger partial charge in [-0.3, -0.25) is 4.79 Å². The number of ketones is 1. The van der Waals surface area contributed by atoms with E-state index < -0.39 is 11.9 Å². The molecule has 3 aromatic rings. The molecule has 8 heteroatoms. The van der Waals surface area contributed by atoms with E-state index >= 15 is 0 Å². The van der Waals surface area contributed by atoms with Gasteiger partial charge in [0.05, 0.1) is 30.9 Å². The molecule has 0 unspecified atom stereocenters. The van der Waals surface area contributed by atoms with E-state index in [-0.39, 0.29) is 41.3 Å². The van der Waals surface area contributed by atoms with E-state index in [1.807, 2.05) is 61.5 Å². The third-order valence-corrected chi connectivity index (χ3v) is 8.07. The summed E-state index contributed by atoms with van der Waals surface area (Å²) in [5.74, 6) is -0.613. The average Bonchev–Trinajstić information content (AvgIpc) is 2.99. The van der Waals surface area contributed by atoms with Gasteiger partial charge in [0.1, 0.15) is 5.75 Å². The van der Waals surface area contributed by atoms with E-state index in [4.69, 9.17) is 25.8 Å². The number of nitrogens with one attached hydrogen (secondary N) is 1. The molecule has 5 rings (SSSR count). The first-order valence-corrected chi connectivity index (χ1v) is 14.4. The van der Waals surface area contributed by atoms with Gasteiger partial charge in [0.2, 0.25) is 0 Å². The van der Waals surface area contributed by atoms with Gasteiger partial charge in [-0.15, -0.1) is 0 Å². The second-order valence-corrected chi connectivity index (χ2v) is 10.9. The number of carbonyl (C=O) groups excluding carboxylic acids is 2. The molecule has 1 aliphatic heterocycles. The summed E-state index contributed by atoms with van der Waals surface area (Å²) >= 11 is 6.44. The number of methoxy groups -OCH3 is 1. The van der Waals surface area contributed by atoms with Crippen LogP contribution in [0.5, 0.6) is 17.2 Å². The van der Waals surface area contributed by atoms with Gasteiger partial charge in [-0.25, -0.2) is 4.79 Å². The van der Waals surface area contributed by atoms with Crippen molar-refractivity contribution in [3.63, 3.8) is 0 Å². The minimum absolute atomic E-state index is 0.0372. The van der Waals surface area contributed by atoms with Crippen LogP contribution in [0.1, 0.15) is 55.2 Å². The number of Topliss-reactive ketones (excluding diaryl/α,β-unsaturated/α-hetero) is 1. The monoisotopic (exact) mass is 587 g/mol. The lowest BCUT2D eigenvalue weighted by molar-refractivity contribution is -0.139. The summed E-state index contributed by atoms with van der Waals surface area (Å²) in [6.45, 7) is 4.11. The molecule has 42 heavy (non-hydrogen) atoms. The largest absolute Gasteiger partial charge is 0.503 e. The van der Waals surface area contributed by atoms with Crippen LogP contribution in [-0.2, 0) is 20.7 Å². The zero-order valence-electron chi connectivity index (χ0n) is 23.9. The molecule has 2 atom stereocenters. The highest BCUT2D eigenvalue weighted by Gasteiger charge is 2.42. The van der Waals surface area contributed by atoms with E-state index in [1.54, 1.807) is 26.2 Å². The predicted molar refractivity (Wildman–Crippen MR) is 161 cm³/mol. The predicted octanol–water partition coefficient (Wildman–Crippen LogP) is 6.60. The Bertz CT molecular complexity index is 1540. The molecule has 0 saturated heterocycles. The number of phenols is 1. The molecule has 0 spiro atoms. The highest BCUT2D eigenvalue weighted by molar-refractivity contribution is 6.32. The molecule has 1 aliphatic carbocycles. The van der Waals surface area contributed by atoms with Crippen molar-refractivity contribution in [1.82, 2.24) is 5.32 Å². The van der Waals surface area contributed by atoms with Crippen LogP contribution in [0.2, 0.25) is 5.02 Å². The minimum Gasteiger partial charge on any atom is -0.503 e. The van der Waals surface area contributed by atoms with Crippen LogP contribution in [0.4, 0.5) is 0 Å². The number of carbonyl (C=O) groups is 2. The van der Waals surface area contributed by atoms with Crippen LogP contribution in [0.3, 0.4) is 0 Å². The smallest absolute Gasteiger partial charge is 0.336 e. The zero-order chi connectivity index (χ0) is 29.8. The summed E-state index contributed by atoms with van der Waals surface area (Å²) in [6.07, 6.45) is 1.43. The van der Waals surface area contributed by atoms with Gasteiger partial charge in [0.25, 0.3) is 0 Å². The number of benzene rings is 3. The molecule has 218 valence electrons. The molecule has 7 nitrogen and oxygen atoms in total. The zero-order valence-corrected chi connectivity index (χ0v) is 24.7. The van der Waals surface area contributed by atoms with Crippen LogP contribution in [0.15, 0.2) is 89.3 Å². The van der Waals surface area contributed by atoms with Crippen molar-refractivity contribution in [1.29, 1.82) is 0 Å². The highest BCUT2D eigenvalue weighted by atomic mass is 35.5. The topological polar surface area (TPSA) is 94.1 Å². The third-order valence-electron chi connectivity index (χ3n) is 7.79. The molecule has 0 fully saturated rings. The van der Waals surface area contributed by atoms with E-state index in [2.05, 4.69) is 5.32 Å². The number of dihydropyridines is 1. The Balaban J connectivity index is 1.52. The number of aromatic hydroxyl groups is 1. The second-order valence-electron chi connectivity index (χ2n) is 10.4. The lowest BCUT2D eigenvalue weighted by Gasteiger charge is -2.37. The van der Waals surface area contributed by atoms with Crippen molar-refractivity contribution in [2.45, 2.75) is 44.9 Å². The maximum Gasteiger partial charge on any atom is 0.336 e. The van der Waals surface area contributed by atoms with Crippen molar-refractivity contribution >= 4 is 23.4 Å². The number of esters is 1. The number of halogens is 1. The first-order chi connectivity index (χ1) is 20.3. The minimum atomic E-state index is -0.743. The van der Waals surface area contributed by atoms with Crippen molar-refractivity contribution < 1.29 is 28.9 Å². The fraction of sp³-hybridized carbons (Fsp3) is 0.294. The number of phenolic OH excluding ortho intramolecular Hbond substituents is 1. The number of rotatable bonds is 9. The molecular weight excluding hydrogens is 554 g/mol. The molecule has 0 saturated carbocycles. The molecule has 0 radical (unpaired) electrons. The van der Waals surface area contributed by atoms with Gasteiger partial charge < -0.3 is 24.6 Å². The summed E-state index contributed by atoms with van der Waals surface area (Å²) in [7, 11) is 1.62. The molecule has 2 aliphatic rings. The Morgan fingerprint density at radius 3 is 2.48 bits per heavy atom. The van der Waals surface area contributed by atoms with E-state index in [9.17, 15) is 14.7 Å². The third kappa shape index (κ3) is 6.02. The summed E-state index contributed by atoms with van der Waals surface area (Å²) in [6, 6.07) is 20.8. The Morgan fingerprint density at radius 2 is 1.79 bits per heavy atom. The Morgan fingerprint density at radius 1 is 1.05 bits per heavy atom. The average molecular weight is 588 g/mol. The van der Waals surface area contributed by atoms with Crippen molar-refractivity contribution in [3.8, 4) is 17.2 Å². The van der Waals surface area contributed by atoms with Crippen molar-refractivity contribution in [2.24, 2.45) is 0 Å². The van der Waals surface area contributed by atoms with E-state index in [0.29, 0.717) is 41.9 Å². The molecule has 0 aromatic heterocycles. The summed E-state index contributed by atoms with van der Waals surface area (Å²) in [5.41, 5.74) is 4.87. The Kier molecular flexibility index (Phi) is 8.88. The molecule has 0 bridgehead atoms. The van der Waals surface area contributed by atoms with Gasteiger partial charge in [0, 0.05) is 35.7 Å². The van der Waals surface area contributed by atoms with Crippen molar-refractivity contribution in [3.05, 3.63) is 111 Å². The van der Waals surface area contributed by atoms with Crippen LogP contribution < -0.4 is 14.8 Å². The molecule has 3 aromatic carbocycles. The summed E-state index contributed by atoms with van der Waals surface area (Å²) in [4.78, 5) is 27.6. The van der Waals surface area contributed by atoms with Gasteiger partial charge >= 0.3 is 5.97 Å². The standard InChI is InChI=1S/C34H34ClNO6/c1-4-41-29-19-24(16-26(35)33(29)38)31-30(34(39)42-15-14-21-8-6-5-7-9-21)20(2)36-27-17-23(18-28(37)32(27)31)22-10-12-25(40-3)13-11-22/h5-13,16,19,23,31,36,38H,4,14-15,17-18H2,1-3H3/t23-,31-/m0/s1. The van der Waals surface area contributed by atoms with E-state index in [1.165, 1.54) is 0 Å². The maximum atomic E-state index is 13.9. The number of allylic oxidation sites excluding steroid dienone is 3. The summed E-state index contributed by atoms with van der Waals surface area (Å²) in [5, 5.41) is 14.0. The van der Waals surface area contributed by atoms with Crippen LogP contribution in [0, 0.1) is 0 Å². The molecule has 1 heterocycles. The SMILES string of the molecule is CCOc1cc([C@H]2C(C(=O)OCCc3ccccc3)=C(C)NC3=C2C(=O)C[C@@H](c2ccc(OC)cc2)C3)cc(Cl)c1O. The fourth-order valence-electron chi connectivity index (χ4n) is 5.76. The summed E-state index contributed by atoms with van der Waals surface area (Å²) < 4.78 is 16.7. The van der Waals surface area contributed by atoms with Crippen LogP contribution in [0.25, 0.3) is 0 Å². The molecule has 2 N–H and O–H groups in total. The van der Waals surface area contributed by atoms with Gasteiger partial charge in [-0.1, -0.05) is 54.1 Å². The molecule has 0 amide bonds. The highest BCUT2D eigenvalue weighted by Crippen LogP contribution is 2.48. The van der Waals surface area contributed by atoms with Gasteiger partial charge in [-0.05, 0) is 67.1 Å². The number of hydrogen-bond acceptors (Lipinski definition) is 7. The lowest BCUT2D eigenvalue weighted by atomic mass is 9.71. The fourth-order valence-corrected chi connectivity index (χ4v) is 5.98. The van der Waals surface area contributed by atoms with Crippen LogP contribution in [-0.4, -0.2) is 37.2 Å². The van der Waals surface area contributed by atoms with Crippen LogP contribution >= 0.6 is 11.6 Å². The normalized spacial score (nSPS) is 18.3. The quantitative estimate of drug-likeness (QED) is 0.272.